The molecule has 30 heavy (non-hydrogen) atoms. The van der Waals surface area contributed by atoms with Gasteiger partial charge in [0.25, 0.3) is 10.0 Å². The van der Waals surface area contributed by atoms with Crippen LogP contribution in [0, 0.1) is 0 Å². The molecule has 1 amide bonds. The summed E-state index contributed by atoms with van der Waals surface area (Å²) in [6, 6.07) is 13.8. The van der Waals surface area contributed by atoms with Crippen LogP contribution in [0.2, 0.25) is 0 Å². The summed E-state index contributed by atoms with van der Waals surface area (Å²) < 4.78 is 32.1. The molecular formula is C21H24N4O4S. The highest BCUT2D eigenvalue weighted by Gasteiger charge is 2.32. The van der Waals surface area contributed by atoms with Crippen molar-refractivity contribution in [2.75, 3.05) is 38.2 Å². The molecule has 1 N–H and O–H groups in total. The van der Waals surface area contributed by atoms with Crippen molar-refractivity contribution < 1.29 is 17.9 Å². The highest BCUT2D eigenvalue weighted by molar-refractivity contribution is 7.90. The molecule has 1 fully saturated rings. The van der Waals surface area contributed by atoms with Gasteiger partial charge in [0, 0.05) is 37.4 Å². The molecule has 0 radical (unpaired) electrons. The number of nitrogens with zero attached hydrogens (tertiary/aromatic N) is 3. The monoisotopic (exact) mass is 428 g/mol. The van der Waals surface area contributed by atoms with Crippen molar-refractivity contribution in [3.05, 3.63) is 54.1 Å². The second-order valence-electron chi connectivity index (χ2n) is 7.27. The molecule has 0 bridgehead atoms. The summed E-state index contributed by atoms with van der Waals surface area (Å²) in [7, 11) is -1.98. The molecule has 0 aliphatic carbocycles. The highest BCUT2D eigenvalue weighted by Crippen LogP contribution is 2.23. The quantitative estimate of drug-likeness (QED) is 0.796. The predicted octanol–water partition coefficient (Wildman–Crippen LogP) is 1.47. The number of rotatable bonds is 4. The van der Waals surface area contributed by atoms with Gasteiger partial charge in [-0.05, 0) is 43.3 Å². The predicted molar refractivity (Wildman–Crippen MR) is 115 cm³/mol. The Morgan fingerprint density at radius 3 is 2.40 bits per heavy atom. The van der Waals surface area contributed by atoms with Crippen LogP contribution in [-0.2, 0) is 14.8 Å². The number of anilines is 1. The molecular weight excluding hydrogens is 404 g/mol. The second kappa shape index (κ2) is 7.98. The van der Waals surface area contributed by atoms with Crippen LogP contribution < -0.4 is 14.4 Å². The first-order chi connectivity index (χ1) is 14.4. The molecule has 1 atom stereocenters. The number of piperazine rings is 1. The van der Waals surface area contributed by atoms with Crippen LogP contribution >= 0.6 is 0 Å². The van der Waals surface area contributed by atoms with Crippen LogP contribution in [0.1, 0.15) is 12.5 Å². The van der Waals surface area contributed by atoms with Gasteiger partial charge in [-0.3, -0.25) is 14.5 Å². The molecule has 1 saturated heterocycles. The number of hydrogen-bond donors (Lipinski definition) is 1. The molecule has 2 aromatic rings. The molecule has 0 spiro atoms. The Labute approximate surface area is 176 Å². The largest absolute Gasteiger partial charge is 0.497 e. The zero-order valence-corrected chi connectivity index (χ0v) is 17.7. The van der Waals surface area contributed by atoms with Gasteiger partial charge in [0.2, 0.25) is 5.91 Å². The van der Waals surface area contributed by atoms with Gasteiger partial charge in [-0.15, -0.1) is 0 Å². The van der Waals surface area contributed by atoms with Crippen LogP contribution in [0.3, 0.4) is 0 Å². The van der Waals surface area contributed by atoms with Gasteiger partial charge in [0.1, 0.15) is 17.6 Å². The Balaban J connectivity index is 1.41. The summed E-state index contributed by atoms with van der Waals surface area (Å²) in [6.45, 7) is 4.30. The number of carbonyl (C=O) groups excluding carboxylic acids is 1. The van der Waals surface area contributed by atoms with E-state index in [9.17, 15) is 13.2 Å². The summed E-state index contributed by atoms with van der Waals surface area (Å²) in [5.74, 6) is 0.924. The number of benzene rings is 2. The zero-order valence-electron chi connectivity index (χ0n) is 16.9. The van der Waals surface area contributed by atoms with E-state index in [0.717, 1.165) is 24.5 Å². The first kappa shape index (κ1) is 20.2. The normalized spacial score (nSPS) is 19.9. The lowest BCUT2D eigenvalue weighted by Gasteiger charge is -2.36. The summed E-state index contributed by atoms with van der Waals surface area (Å²) >= 11 is 0. The summed E-state index contributed by atoms with van der Waals surface area (Å²) in [5.41, 5.74) is 1.59. The zero-order chi connectivity index (χ0) is 21.3. The Bertz CT molecular complexity index is 1070. The van der Waals surface area contributed by atoms with Gasteiger partial charge in [-0.2, -0.15) is 0 Å². The number of aliphatic imine (C=N–C) groups is 1. The van der Waals surface area contributed by atoms with E-state index in [-0.39, 0.29) is 16.6 Å². The van der Waals surface area contributed by atoms with E-state index in [1.54, 1.807) is 37.1 Å². The van der Waals surface area contributed by atoms with Crippen LogP contribution in [0.15, 0.2) is 58.4 Å². The molecule has 2 heterocycles. The number of amidine groups is 1. The smallest absolute Gasteiger partial charge is 0.263 e. The molecule has 9 heteroatoms. The molecule has 2 aromatic carbocycles. The third kappa shape index (κ3) is 3.85. The van der Waals surface area contributed by atoms with Gasteiger partial charge in [-0.1, -0.05) is 12.1 Å². The lowest BCUT2D eigenvalue weighted by molar-refractivity contribution is -0.132. The fourth-order valence-electron chi connectivity index (χ4n) is 3.72. The Morgan fingerprint density at radius 1 is 1.07 bits per heavy atom. The summed E-state index contributed by atoms with van der Waals surface area (Å²) in [4.78, 5) is 21.5. The molecule has 2 aliphatic rings. The lowest BCUT2D eigenvalue weighted by atomic mass is 10.2. The summed E-state index contributed by atoms with van der Waals surface area (Å²) in [5, 5.41) is 0. The third-order valence-corrected chi connectivity index (χ3v) is 6.77. The fraction of sp³-hybridized carbons (Fsp3) is 0.333. The van der Waals surface area contributed by atoms with Crippen molar-refractivity contribution in [3.63, 3.8) is 0 Å². The fourth-order valence-corrected chi connectivity index (χ4v) is 4.96. The first-order valence-corrected chi connectivity index (χ1v) is 11.2. The van der Waals surface area contributed by atoms with Crippen molar-refractivity contribution in [1.82, 2.24) is 9.62 Å². The average Bonchev–Trinajstić information content (AvgIpc) is 3.03. The maximum absolute atomic E-state index is 12.9. The van der Waals surface area contributed by atoms with E-state index >= 15 is 0 Å². The van der Waals surface area contributed by atoms with Gasteiger partial charge in [0.05, 0.1) is 12.0 Å². The first-order valence-electron chi connectivity index (χ1n) is 9.77. The molecule has 1 unspecified atom stereocenters. The maximum atomic E-state index is 12.9. The van der Waals surface area contributed by atoms with Crippen LogP contribution in [0.5, 0.6) is 5.75 Å². The van der Waals surface area contributed by atoms with E-state index < -0.39 is 16.1 Å². The third-order valence-electron chi connectivity index (χ3n) is 5.37. The molecule has 158 valence electrons. The van der Waals surface area contributed by atoms with Crippen LogP contribution in [-0.4, -0.2) is 64.4 Å². The molecule has 4 rings (SSSR count). The number of ether oxygens (including phenoxy) is 1. The Kier molecular flexibility index (Phi) is 5.38. The van der Waals surface area contributed by atoms with Crippen LogP contribution in [0.25, 0.3) is 0 Å². The Morgan fingerprint density at radius 2 is 1.73 bits per heavy atom. The minimum Gasteiger partial charge on any atom is -0.497 e. The molecule has 0 aromatic heterocycles. The number of nitrogens with one attached hydrogen (secondary N) is 1. The Hall–Kier alpha value is -3.07. The van der Waals surface area contributed by atoms with E-state index in [2.05, 4.69) is 14.6 Å². The highest BCUT2D eigenvalue weighted by atomic mass is 32.2. The lowest BCUT2D eigenvalue weighted by Crippen LogP contribution is -2.51. The van der Waals surface area contributed by atoms with Crippen molar-refractivity contribution in [1.29, 1.82) is 0 Å². The number of methoxy groups -OCH3 is 1. The minimum atomic E-state index is -3.62. The number of carbonyl (C=O) groups is 1. The van der Waals surface area contributed by atoms with E-state index in [1.807, 2.05) is 24.3 Å². The van der Waals surface area contributed by atoms with Crippen molar-refractivity contribution >= 4 is 27.5 Å². The number of hydrogen-bond acceptors (Lipinski definition) is 6. The van der Waals surface area contributed by atoms with E-state index in [1.165, 1.54) is 6.07 Å². The molecule has 8 nitrogen and oxygen atoms in total. The van der Waals surface area contributed by atoms with Crippen molar-refractivity contribution in [2.45, 2.75) is 17.9 Å². The number of amides is 1. The second-order valence-corrected chi connectivity index (χ2v) is 8.92. The number of fused-ring (bicyclic) bond motifs is 1. The van der Waals surface area contributed by atoms with Gasteiger partial charge < -0.3 is 14.5 Å². The number of sulfonamides is 1. The molecule has 2 aliphatic heterocycles. The standard InChI is InChI=1S/C21H24N4O4S/c1-15(22-20-18-5-3-4-6-19(18)30(27,28)23-20)21(26)25-13-11-24(12-14-25)16-7-9-17(29-2)10-8-16/h3-10,15H,11-14H2,1-2H3,(H,22,23). The summed E-state index contributed by atoms with van der Waals surface area (Å²) in [6.07, 6.45) is 0. The van der Waals surface area contributed by atoms with Gasteiger partial charge in [-0.25, -0.2) is 8.42 Å². The maximum Gasteiger partial charge on any atom is 0.263 e. The minimum absolute atomic E-state index is 0.111. The topological polar surface area (TPSA) is 91.3 Å². The average molecular weight is 429 g/mol. The SMILES string of the molecule is COc1ccc(N2CCN(C(=O)C(C)N=C3NS(=O)(=O)c4ccccc43)CC2)cc1. The van der Waals surface area contributed by atoms with Gasteiger partial charge in [0.15, 0.2) is 0 Å². The van der Waals surface area contributed by atoms with E-state index in [0.29, 0.717) is 18.7 Å². The van der Waals surface area contributed by atoms with E-state index in [4.69, 9.17) is 4.74 Å². The molecule has 0 saturated carbocycles. The van der Waals surface area contributed by atoms with Crippen LogP contribution in [0.4, 0.5) is 5.69 Å². The van der Waals surface area contributed by atoms with Crippen molar-refractivity contribution in [2.24, 2.45) is 4.99 Å². The van der Waals surface area contributed by atoms with Gasteiger partial charge >= 0.3 is 0 Å². The van der Waals surface area contributed by atoms with Crippen molar-refractivity contribution in [3.8, 4) is 5.75 Å².